The smallest absolute Gasteiger partial charge is 0.0585 e. The van der Waals surface area contributed by atoms with Crippen molar-refractivity contribution < 1.29 is 0 Å². The van der Waals surface area contributed by atoms with Crippen molar-refractivity contribution >= 4 is 11.6 Å². The van der Waals surface area contributed by atoms with Crippen molar-refractivity contribution in [1.29, 1.82) is 0 Å². The van der Waals surface area contributed by atoms with Crippen molar-refractivity contribution in [3.8, 4) is 0 Å². The molecule has 3 rings (SSSR count). The van der Waals surface area contributed by atoms with Crippen LogP contribution in [-0.4, -0.2) is 0 Å². The van der Waals surface area contributed by atoms with E-state index in [0.29, 0.717) is 0 Å². The molecule has 1 aliphatic rings. The van der Waals surface area contributed by atoms with Gasteiger partial charge in [-0.05, 0) is 60.8 Å². The minimum Gasteiger partial charge on any atom is -0.118 e. The maximum atomic E-state index is 6.47. The molecule has 104 valence electrons. The van der Waals surface area contributed by atoms with Crippen LogP contribution in [-0.2, 0) is 19.3 Å². The summed E-state index contributed by atoms with van der Waals surface area (Å²) in [4.78, 5) is 0. The first-order chi connectivity index (χ1) is 9.83. The van der Waals surface area contributed by atoms with Crippen LogP contribution in [0.5, 0.6) is 0 Å². The summed E-state index contributed by atoms with van der Waals surface area (Å²) in [6, 6.07) is 17.4. The minimum absolute atomic E-state index is 0.144. The van der Waals surface area contributed by atoms with Gasteiger partial charge in [0.25, 0.3) is 0 Å². The first-order valence-corrected chi connectivity index (χ1v) is 8.06. The molecule has 0 spiro atoms. The van der Waals surface area contributed by atoms with Crippen molar-refractivity contribution in [2.45, 2.75) is 43.9 Å². The summed E-state index contributed by atoms with van der Waals surface area (Å²) < 4.78 is 0. The van der Waals surface area contributed by atoms with Crippen LogP contribution in [0.4, 0.5) is 0 Å². The topological polar surface area (TPSA) is 0 Å². The third kappa shape index (κ3) is 3.24. The Labute approximate surface area is 126 Å². The Kier molecular flexibility index (Phi) is 4.42. The maximum absolute atomic E-state index is 6.47. The molecule has 20 heavy (non-hydrogen) atoms. The molecular weight excluding hydrogens is 264 g/mol. The molecule has 0 aliphatic heterocycles. The summed E-state index contributed by atoms with van der Waals surface area (Å²) in [6.07, 6.45) is 7.21. The molecule has 0 aromatic heterocycles. The van der Waals surface area contributed by atoms with E-state index in [-0.39, 0.29) is 5.38 Å². The largest absolute Gasteiger partial charge is 0.118 e. The molecule has 0 amide bonds. The third-order valence-electron chi connectivity index (χ3n) is 4.25. The number of halogens is 1. The van der Waals surface area contributed by atoms with Crippen LogP contribution in [0.2, 0.25) is 0 Å². The van der Waals surface area contributed by atoms with Gasteiger partial charge in [-0.2, -0.15) is 0 Å². The van der Waals surface area contributed by atoms with Crippen LogP contribution in [0.15, 0.2) is 48.5 Å². The Morgan fingerprint density at radius 1 is 0.950 bits per heavy atom. The molecule has 1 heteroatoms. The summed E-state index contributed by atoms with van der Waals surface area (Å²) >= 11 is 6.47. The number of benzene rings is 2. The van der Waals surface area contributed by atoms with Gasteiger partial charge in [-0.15, -0.1) is 11.6 Å². The summed E-state index contributed by atoms with van der Waals surface area (Å²) in [5.74, 6) is 0. The van der Waals surface area contributed by atoms with Crippen LogP contribution in [0.1, 0.15) is 46.9 Å². The molecule has 1 unspecified atom stereocenters. The quantitative estimate of drug-likeness (QED) is 0.638. The highest BCUT2D eigenvalue weighted by atomic mass is 35.5. The number of hydrogen-bond donors (Lipinski definition) is 0. The summed E-state index contributed by atoms with van der Waals surface area (Å²) in [5.41, 5.74) is 5.85. The molecule has 1 aliphatic carbocycles. The van der Waals surface area contributed by atoms with Crippen LogP contribution in [0, 0.1) is 0 Å². The predicted molar refractivity (Wildman–Crippen MR) is 86.4 cm³/mol. The van der Waals surface area contributed by atoms with Crippen LogP contribution >= 0.6 is 11.6 Å². The molecule has 0 nitrogen and oxygen atoms in total. The van der Waals surface area contributed by atoms with Gasteiger partial charge in [0.05, 0.1) is 5.38 Å². The minimum atomic E-state index is 0.144. The number of alkyl halides is 1. The van der Waals surface area contributed by atoms with Gasteiger partial charge in [-0.1, -0.05) is 48.5 Å². The van der Waals surface area contributed by atoms with E-state index in [1.165, 1.54) is 30.4 Å². The fourth-order valence-corrected chi connectivity index (χ4v) is 3.39. The van der Waals surface area contributed by atoms with Gasteiger partial charge in [0.2, 0.25) is 0 Å². The zero-order chi connectivity index (χ0) is 13.8. The summed E-state index contributed by atoms with van der Waals surface area (Å²) in [6.45, 7) is 0. The van der Waals surface area contributed by atoms with E-state index < -0.39 is 0 Å². The number of hydrogen-bond acceptors (Lipinski definition) is 0. The average molecular weight is 285 g/mol. The number of aryl methyl sites for hydroxylation is 3. The molecule has 0 fully saturated rings. The van der Waals surface area contributed by atoms with Crippen molar-refractivity contribution in [2.75, 3.05) is 0 Å². The fourth-order valence-electron chi connectivity index (χ4n) is 3.09. The number of fused-ring (bicyclic) bond motifs is 1. The highest BCUT2D eigenvalue weighted by Gasteiger charge is 2.11. The van der Waals surface area contributed by atoms with E-state index in [9.17, 15) is 0 Å². The van der Waals surface area contributed by atoms with E-state index in [0.717, 1.165) is 19.3 Å². The Bertz CT molecular complexity index is 559. The second kappa shape index (κ2) is 6.45. The molecule has 2 aromatic carbocycles. The van der Waals surface area contributed by atoms with Gasteiger partial charge in [0, 0.05) is 0 Å². The predicted octanol–water partition coefficient (Wildman–Crippen LogP) is 5.48. The number of rotatable bonds is 5. The Balaban J connectivity index is 1.53. The molecule has 0 heterocycles. The lowest BCUT2D eigenvalue weighted by molar-refractivity contribution is 0.716. The maximum Gasteiger partial charge on any atom is 0.0585 e. The van der Waals surface area contributed by atoms with E-state index >= 15 is 0 Å². The lowest BCUT2D eigenvalue weighted by Crippen LogP contribution is -1.94. The van der Waals surface area contributed by atoms with Gasteiger partial charge >= 0.3 is 0 Å². The lowest BCUT2D eigenvalue weighted by Gasteiger charge is -2.10. The zero-order valence-electron chi connectivity index (χ0n) is 11.8. The van der Waals surface area contributed by atoms with Gasteiger partial charge < -0.3 is 0 Å². The average Bonchev–Trinajstić information content (AvgIpc) is 2.95. The first kappa shape index (κ1) is 13.7. The molecule has 0 radical (unpaired) electrons. The molecule has 0 saturated heterocycles. The van der Waals surface area contributed by atoms with Crippen molar-refractivity contribution in [2.24, 2.45) is 0 Å². The second-order valence-electron chi connectivity index (χ2n) is 5.73. The molecule has 0 bridgehead atoms. The Hall–Kier alpha value is -1.27. The Morgan fingerprint density at radius 2 is 1.75 bits per heavy atom. The van der Waals surface area contributed by atoms with Crippen molar-refractivity contribution in [1.82, 2.24) is 0 Å². The highest BCUT2D eigenvalue weighted by molar-refractivity contribution is 6.20. The molecule has 2 aromatic rings. The normalized spacial score (nSPS) is 15.1. The SMILES string of the molecule is ClC(CCCc1ccc2c(c1)CCC2)c1ccccc1. The highest BCUT2D eigenvalue weighted by Crippen LogP contribution is 2.27. The van der Waals surface area contributed by atoms with Gasteiger partial charge in [-0.3, -0.25) is 0 Å². The van der Waals surface area contributed by atoms with E-state index in [4.69, 9.17) is 11.6 Å². The van der Waals surface area contributed by atoms with Crippen molar-refractivity contribution in [3.05, 3.63) is 70.8 Å². The van der Waals surface area contributed by atoms with Gasteiger partial charge in [0.15, 0.2) is 0 Å². The standard InChI is InChI=1S/C19H21Cl/c20-19(17-7-2-1-3-8-17)11-4-6-15-12-13-16-9-5-10-18(16)14-15/h1-3,7-8,12-14,19H,4-6,9-11H2. The van der Waals surface area contributed by atoms with Crippen LogP contribution in [0.25, 0.3) is 0 Å². The monoisotopic (exact) mass is 284 g/mol. The van der Waals surface area contributed by atoms with Crippen LogP contribution < -0.4 is 0 Å². The van der Waals surface area contributed by atoms with E-state index in [2.05, 4.69) is 42.5 Å². The Morgan fingerprint density at radius 3 is 2.60 bits per heavy atom. The zero-order valence-corrected chi connectivity index (χ0v) is 12.6. The first-order valence-electron chi connectivity index (χ1n) is 7.62. The second-order valence-corrected chi connectivity index (χ2v) is 6.25. The molecule has 0 saturated carbocycles. The van der Waals surface area contributed by atoms with E-state index in [1.54, 1.807) is 11.1 Å². The van der Waals surface area contributed by atoms with Gasteiger partial charge in [0.1, 0.15) is 0 Å². The van der Waals surface area contributed by atoms with Gasteiger partial charge in [-0.25, -0.2) is 0 Å². The van der Waals surface area contributed by atoms with Crippen molar-refractivity contribution in [3.63, 3.8) is 0 Å². The molecule has 1 atom stereocenters. The van der Waals surface area contributed by atoms with Crippen LogP contribution in [0.3, 0.4) is 0 Å². The summed E-state index contributed by atoms with van der Waals surface area (Å²) in [7, 11) is 0. The van der Waals surface area contributed by atoms with E-state index in [1.807, 2.05) is 6.07 Å². The third-order valence-corrected chi connectivity index (χ3v) is 4.72. The lowest BCUT2D eigenvalue weighted by atomic mass is 10.0. The molecular formula is C19H21Cl. The fraction of sp³-hybridized carbons (Fsp3) is 0.368. The summed E-state index contributed by atoms with van der Waals surface area (Å²) in [5, 5.41) is 0.144. The molecule has 0 N–H and O–H groups in total.